The van der Waals surface area contributed by atoms with Gasteiger partial charge in [0.25, 0.3) is 0 Å². The van der Waals surface area contributed by atoms with Gasteiger partial charge in [-0.1, -0.05) is 12.1 Å². The largest absolute Gasteiger partial charge is 0.377 e. The van der Waals surface area contributed by atoms with E-state index in [4.69, 9.17) is 10.5 Å². The Kier molecular flexibility index (Phi) is 4.80. The first-order valence-electron chi connectivity index (χ1n) is 6.85. The van der Waals surface area contributed by atoms with Gasteiger partial charge in [-0.3, -0.25) is 0 Å². The lowest BCUT2D eigenvalue weighted by Gasteiger charge is -2.40. The van der Waals surface area contributed by atoms with Crippen molar-refractivity contribution in [3.63, 3.8) is 0 Å². The Balaban J connectivity index is 2.02. The van der Waals surface area contributed by atoms with Crippen molar-refractivity contribution in [3.05, 3.63) is 29.8 Å². The second-order valence-corrected chi connectivity index (χ2v) is 7.01. The number of sulfonamides is 1. The molecule has 1 fully saturated rings. The molecule has 5 nitrogen and oxygen atoms in total. The molecule has 0 amide bonds. The fourth-order valence-electron chi connectivity index (χ4n) is 2.34. The number of ether oxygens (including phenoxy) is 1. The number of nitrogens with one attached hydrogen (secondary N) is 1. The van der Waals surface area contributed by atoms with Gasteiger partial charge < -0.3 is 10.5 Å². The normalized spacial score (nSPS) is 17.7. The van der Waals surface area contributed by atoms with Gasteiger partial charge in [0.1, 0.15) is 0 Å². The molecular formula is C14H22N2O3S. The Hall–Kier alpha value is -0.950. The number of hydrogen-bond donors (Lipinski definition) is 2. The molecule has 2 rings (SSSR count). The Morgan fingerprint density at radius 3 is 2.40 bits per heavy atom. The van der Waals surface area contributed by atoms with Crippen molar-refractivity contribution < 1.29 is 13.2 Å². The highest BCUT2D eigenvalue weighted by atomic mass is 32.2. The number of methoxy groups -OCH3 is 1. The third kappa shape index (κ3) is 3.38. The minimum absolute atomic E-state index is 0.281. The van der Waals surface area contributed by atoms with E-state index >= 15 is 0 Å². The summed E-state index contributed by atoms with van der Waals surface area (Å²) < 4.78 is 32.5. The number of nitrogens with two attached hydrogens (primary N) is 1. The van der Waals surface area contributed by atoms with Crippen LogP contribution in [0.4, 0.5) is 0 Å². The van der Waals surface area contributed by atoms with Gasteiger partial charge in [-0.05, 0) is 49.9 Å². The van der Waals surface area contributed by atoms with Gasteiger partial charge in [-0.2, -0.15) is 0 Å². The predicted molar refractivity (Wildman–Crippen MR) is 78.0 cm³/mol. The zero-order valence-corrected chi connectivity index (χ0v) is 12.6. The molecule has 0 unspecified atom stereocenters. The van der Waals surface area contributed by atoms with E-state index in [0.717, 1.165) is 31.2 Å². The molecule has 112 valence electrons. The molecule has 1 saturated carbocycles. The van der Waals surface area contributed by atoms with Gasteiger partial charge in [0, 0.05) is 13.7 Å². The van der Waals surface area contributed by atoms with E-state index in [1.54, 1.807) is 31.4 Å². The summed E-state index contributed by atoms with van der Waals surface area (Å²) in [5, 5.41) is 0. The van der Waals surface area contributed by atoms with E-state index in [1.165, 1.54) is 0 Å². The van der Waals surface area contributed by atoms with Gasteiger partial charge >= 0.3 is 0 Å². The molecule has 1 aliphatic carbocycles. The fraction of sp³-hybridized carbons (Fsp3) is 0.571. The highest BCUT2D eigenvalue weighted by Gasteiger charge is 2.37. The fourth-order valence-corrected chi connectivity index (χ4v) is 3.45. The van der Waals surface area contributed by atoms with Crippen LogP contribution in [0.2, 0.25) is 0 Å². The second kappa shape index (κ2) is 6.22. The lowest BCUT2D eigenvalue weighted by molar-refractivity contribution is -0.0659. The molecule has 20 heavy (non-hydrogen) atoms. The quantitative estimate of drug-likeness (QED) is 0.788. The summed E-state index contributed by atoms with van der Waals surface area (Å²) in [5.41, 5.74) is 6.20. The van der Waals surface area contributed by atoms with Gasteiger partial charge in [-0.25, -0.2) is 13.1 Å². The van der Waals surface area contributed by atoms with Gasteiger partial charge in [-0.15, -0.1) is 0 Å². The summed E-state index contributed by atoms with van der Waals surface area (Å²) in [5.74, 6) is 0. The summed E-state index contributed by atoms with van der Waals surface area (Å²) in [4.78, 5) is 0.281. The first-order chi connectivity index (χ1) is 9.51. The number of benzene rings is 1. The van der Waals surface area contributed by atoms with Crippen LogP contribution in [0.25, 0.3) is 0 Å². The third-order valence-electron chi connectivity index (χ3n) is 3.95. The molecule has 0 atom stereocenters. The Bertz CT molecular complexity index is 531. The standard InChI is InChI=1S/C14H22N2O3S/c1-19-14(8-2-9-14)11-16-20(17,18)13-5-3-12(4-6-13)7-10-15/h3-6,16H,2,7-11,15H2,1H3. The van der Waals surface area contributed by atoms with Crippen molar-refractivity contribution in [3.8, 4) is 0 Å². The topological polar surface area (TPSA) is 81.4 Å². The highest BCUT2D eigenvalue weighted by molar-refractivity contribution is 7.89. The van der Waals surface area contributed by atoms with Crippen LogP contribution in [-0.4, -0.2) is 34.2 Å². The van der Waals surface area contributed by atoms with Crippen LogP contribution in [0.15, 0.2) is 29.2 Å². The minimum atomic E-state index is -3.47. The summed E-state index contributed by atoms with van der Waals surface area (Å²) >= 11 is 0. The molecule has 0 saturated heterocycles. The molecular weight excluding hydrogens is 276 g/mol. The van der Waals surface area contributed by atoms with Crippen LogP contribution in [0, 0.1) is 0 Å². The Morgan fingerprint density at radius 1 is 1.30 bits per heavy atom. The van der Waals surface area contributed by atoms with Crippen molar-refractivity contribution in [1.82, 2.24) is 4.72 Å². The van der Waals surface area contributed by atoms with Gasteiger partial charge in [0.05, 0.1) is 10.5 Å². The van der Waals surface area contributed by atoms with Crippen molar-refractivity contribution in [2.75, 3.05) is 20.2 Å². The van der Waals surface area contributed by atoms with Crippen LogP contribution in [0.1, 0.15) is 24.8 Å². The molecule has 1 aromatic carbocycles. The molecule has 0 aliphatic heterocycles. The van der Waals surface area contributed by atoms with E-state index in [-0.39, 0.29) is 10.5 Å². The maximum absolute atomic E-state index is 12.2. The highest BCUT2D eigenvalue weighted by Crippen LogP contribution is 2.34. The predicted octanol–water partition coefficient (Wildman–Crippen LogP) is 1.04. The lowest BCUT2D eigenvalue weighted by atomic mass is 9.80. The molecule has 3 N–H and O–H groups in total. The second-order valence-electron chi connectivity index (χ2n) is 5.25. The summed E-state index contributed by atoms with van der Waals surface area (Å²) in [6.07, 6.45) is 3.65. The zero-order valence-electron chi connectivity index (χ0n) is 11.8. The van der Waals surface area contributed by atoms with Gasteiger partial charge in [0.15, 0.2) is 0 Å². The Labute approximate surface area is 120 Å². The summed E-state index contributed by atoms with van der Waals surface area (Å²) in [6.45, 7) is 0.886. The van der Waals surface area contributed by atoms with Gasteiger partial charge in [0.2, 0.25) is 10.0 Å². The maximum atomic E-state index is 12.2. The minimum Gasteiger partial charge on any atom is -0.377 e. The summed E-state index contributed by atoms with van der Waals surface area (Å²) in [6, 6.07) is 6.84. The third-order valence-corrected chi connectivity index (χ3v) is 5.37. The van der Waals surface area contributed by atoms with Crippen LogP contribution in [0.3, 0.4) is 0 Å². The average molecular weight is 298 g/mol. The van der Waals surface area contributed by atoms with Crippen molar-refractivity contribution in [2.45, 2.75) is 36.2 Å². The number of rotatable bonds is 7. The van der Waals surface area contributed by atoms with E-state index in [1.807, 2.05) is 0 Å². The van der Waals surface area contributed by atoms with E-state index in [0.29, 0.717) is 13.1 Å². The molecule has 0 radical (unpaired) electrons. The SMILES string of the molecule is COC1(CNS(=O)(=O)c2ccc(CCN)cc2)CCC1. The Morgan fingerprint density at radius 2 is 1.95 bits per heavy atom. The van der Waals surface area contributed by atoms with Crippen LogP contribution < -0.4 is 10.5 Å². The van der Waals surface area contributed by atoms with Crippen LogP contribution in [0.5, 0.6) is 0 Å². The lowest BCUT2D eigenvalue weighted by Crippen LogP contribution is -2.49. The molecule has 0 heterocycles. The molecule has 1 aromatic rings. The first-order valence-corrected chi connectivity index (χ1v) is 8.33. The molecule has 0 bridgehead atoms. The van der Waals surface area contributed by atoms with Crippen molar-refractivity contribution >= 4 is 10.0 Å². The first kappa shape index (κ1) is 15.4. The van der Waals surface area contributed by atoms with Crippen molar-refractivity contribution in [2.24, 2.45) is 5.73 Å². The molecule has 1 aliphatic rings. The smallest absolute Gasteiger partial charge is 0.240 e. The van der Waals surface area contributed by atoms with Crippen molar-refractivity contribution in [1.29, 1.82) is 0 Å². The molecule has 0 aromatic heterocycles. The molecule has 0 spiro atoms. The maximum Gasteiger partial charge on any atom is 0.240 e. The van der Waals surface area contributed by atoms with E-state index in [9.17, 15) is 8.42 Å². The summed E-state index contributed by atoms with van der Waals surface area (Å²) in [7, 11) is -1.84. The number of hydrogen-bond acceptors (Lipinski definition) is 4. The van der Waals surface area contributed by atoms with Crippen LogP contribution in [-0.2, 0) is 21.2 Å². The van der Waals surface area contributed by atoms with E-state index < -0.39 is 10.0 Å². The monoisotopic (exact) mass is 298 g/mol. The van der Waals surface area contributed by atoms with E-state index in [2.05, 4.69) is 4.72 Å². The zero-order chi connectivity index (χ0) is 14.6. The average Bonchev–Trinajstić information content (AvgIpc) is 2.39. The molecule has 6 heteroatoms. The van der Waals surface area contributed by atoms with Crippen LogP contribution >= 0.6 is 0 Å².